The van der Waals surface area contributed by atoms with Gasteiger partial charge < -0.3 is 26.4 Å². The Balaban J connectivity index is 2.93. The molecule has 0 spiro atoms. The normalized spacial score (nSPS) is 11.5. The molecular formula is C9H16N4O3. The third-order valence-corrected chi connectivity index (χ3v) is 2.17. The molecule has 0 aliphatic rings. The summed E-state index contributed by atoms with van der Waals surface area (Å²) in [7, 11) is 0. The molecule has 1 aromatic rings. The molecule has 1 rings (SSSR count). The van der Waals surface area contributed by atoms with E-state index in [1.165, 1.54) is 0 Å². The van der Waals surface area contributed by atoms with Crippen LogP contribution in [0.3, 0.4) is 0 Å². The van der Waals surface area contributed by atoms with E-state index in [1.807, 2.05) is 0 Å². The average molecular weight is 228 g/mol. The van der Waals surface area contributed by atoms with Gasteiger partial charge in [0.15, 0.2) is 0 Å². The van der Waals surface area contributed by atoms with Crippen LogP contribution in [0.1, 0.15) is 5.69 Å². The Bertz CT molecular complexity index is 326. The second kappa shape index (κ2) is 5.06. The van der Waals surface area contributed by atoms with Gasteiger partial charge in [0.1, 0.15) is 11.4 Å². The smallest absolute Gasteiger partial charge is 0.222 e. The van der Waals surface area contributed by atoms with Crippen molar-refractivity contribution in [3.63, 3.8) is 0 Å². The number of aliphatic hydroxyl groups is 3. The summed E-state index contributed by atoms with van der Waals surface area (Å²) in [5.74, 6) is 0.437. The molecule has 0 saturated carbocycles. The van der Waals surface area contributed by atoms with Crippen molar-refractivity contribution in [2.24, 2.45) is 0 Å². The van der Waals surface area contributed by atoms with E-state index in [4.69, 9.17) is 21.1 Å². The zero-order valence-electron chi connectivity index (χ0n) is 9.01. The van der Waals surface area contributed by atoms with E-state index in [0.717, 1.165) is 0 Å². The minimum absolute atomic E-state index is 0.0882. The van der Waals surface area contributed by atoms with Crippen molar-refractivity contribution in [1.29, 1.82) is 0 Å². The first-order chi connectivity index (χ1) is 7.55. The Hall–Kier alpha value is -1.44. The molecule has 0 fully saturated rings. The van der Waals surface area contributed by atoms with E-state index in [9.17, 15) is 0 Å². The summed E-state index contributed by atoms with van der Waals surface area (Å²) in [5, 5.41) is 30.1. The molecule has 0 saturated heterocycles. The Kier molecular flexibility index (Phi) is 3.99. The van der Waals surface area contributed by atoms with Crippen LogP contribution in [0, 0.1) is 6.92 Å². The lowest BCUT2D eigenvalue weighted by atomic mass is 10.0. The van der Waals surface area contributed by atoms with Crippen molar-refractivity contribution in [3.8, 4) is 0 Å². The van der Waals surface area contributed by atoms with Crippen LogP contribution in [-0.2, 0) is 0 Å². The van der Waals surface area contributed by atoms with Gasteiger partial charge in [0.2, 0.25) is 5.95 Å². The lowest BCUT2D eigenvalue weighted by Gasteiger charge is -2.29. The number of aliphatic hydroxyl groups excluding tert-OH is 3. The Morgan fingerprint density at radius 2 is 1.81 bits per heavy atom. The number of rotatable bonds is 5. The maximum Gasteiger partial charge on any atom is 0.222 e. The van der Waals surface area contributed by atoms with Crippen molar-refractivity contribution in [2.45, 2.75) is 12.5 Å². The second-order valence-electron chi connectivity index (χ2n) is 3.63. The first-order valence-electron chi connectivity index (χ1n) is 4.77. The van der Waals surface area contributed by atoms with Crippen LogP contribution in [0.2, 0.25) is 0 Å². The van der Waals surface area contributed by atoms with E-state index in [1.54, 1.807) is 13.0 Å². The molecule has 6 N–H and O–H groups in total. The Morgan fingerprint density at radius 1 is 1.25 bits per heavy atom. The third kappa shape index (κ3) is 2.78. The zero-order chi connectivity index (χ0) is 12.2. The SMILES string of the molecule is Cc1cc(NC(CO)(CO)CO)nc(N)n1. The molecule has 0 aliphatic carbocycles. The summed E-state index contributed by atoms with van der Waals surface area (Å²) in [6, 6.07) is 1.60. The number of anilines is 2. The van der Waals surface area contributed by atoms with Crippen molar-refractivity contribution < 1.29 is 15.3 Å². The summed E-state index contributed by atoms with van der Waals surface area (Å²) in [6.45, 7) is 0.455. The number of hydrogen-bond donors (Lipinski definition) is 5. The fraction of sp³-hybridized carbons (Fsp3) is 0.556. The third-order valence-electron chi connectivity index (χ3n) is 2.17. The minimum atomic E-state index is -1.22. The van der Waals surface area contributed by atoms with E-state index in [2.05, 4.69) is 15.3 Å². The van der Waals surface area contributed by atoms with Crippen LogP contribution in [0.25, 0.3) is 0 Å². The molecule has 0 aliphatic heterocycles. The number of aryl methyl sites for hydroxylation is 1. The number of hydrogen-bond acceptors (Lipinski definition) is 7. The van der Waals surface area contributed by atoms with Gasteiger partial charge in [-0.15, -0.1) is 0 Å². The summed E-state index contributed by atoms with van der Waals surface area (Å²) in [6.07, 6.45) is 0. The first kappa shape index (κ1) is 12.6. The molecular weight excluding hydrogens is 212 g/mol. The van der Waals surface area contributed by atoms with Crippen LogP contribution in [-0.4, -0.2) is 50.6 Å². The summed E-state index contributed by atoms with van der Waals surface area (Å²) in [5.41, 5.74) is 4.89. The van der Waals surface area contributed by atoms with Crippen LogP contribution >= 0.6 is 0 Å². The highest BCUT2D eigenvalue weighted by Gasteiger charge is 2.28. The Labute approximate surface area is 93.0 Å². The average Bonchev–Trinajstić information content (AvgIpc) is 2.25. The molecule has 90 valence electrons. The first-order valence-corrected chi connectivity index (χ1v) is 4.77. The molecule has 0 amide bonds. The number of nitrogens with zero attached hydrogens (tertiary/aromatic N) is 2. The van der Waals surface area contributed by atoms with Gasteiger partial charge in [0, 0.05) is 11.8 Å². The van der Waals surface area contributed by atoms with Gasteiger partial charge in [-0.25, -0.2) is 4.98 Å². The molecule has 0 unspecified atom stereocenters. The van der Waals surface area contributed by atoms with Gasteiger partial charge >= 0.3 is 0 Å². The van der Waals surface area contributed by atoms with Crippen molar-refractivity contribution in [2.75, 3.05) is 30.9 Å². The molecule has 0 bridgehead atoms. The standard InChI is InChI=1S/C9H16N4O3/c1-6-2-7(12-8(10)11-6)13-9(3-14,4-15)5-16/h2,14-16H,3-5H2,1H3,(H3,10,11,12,13). The molecule has 1 aromatic heterocycles. The van der Waals surface area contributed by atoms with E-state index in [-0.39, 0.29) is 5.95 Å². The predicted molar refractivity (Wildman–Crippen MR) is 58.8 cm³/mol. The van der Waals surface area contributed by atoms with Gasteiger partial charge in [-0.1, -0.05) is 0 Å². The summed E-state index contributed by atoms with van der Waals surface area (Å²) in [4.78, 5) is 7.77. The number of nitrogen functional groups attached to an aromatic ring is 1. The highest BCUT2D eigenvalue weighted by atomic mass is 16.3. The second-order valence-corrected chi connectivity index (χ2v) is 3.63. The molecule has 16 heavy (non-hydrogen) atoms. The lowest BCUT2D eigenvalue weighted by molar-refractivity contribution is 0.0831. The zero-order valence-corrected chi connectivity index (χ0v) is 9.01. The van der Waals surface area contributed by atoms with Gasteiger partial charge in [0.05, 0.1) is 19.8 Å². The van der Waals surface area contributed by atoms with Gasteiger partial charge in [-0.05, 0) is 6.92 Å². The van der Waals surface area contributed by atoms with Crippen molar-refractivity contribution >= 4 is 11.8 Å². The van der Waals surface area contributed by atoms with Gasteiger partial charge in [-0.3, -0.25) is 0 Å². The van der Waals surface area contributed by atoms with Crippen LogP contribution in [0.15, 0.2) is 6.07 Å². The topological polar surface area (TPSA) is 125 Å². The number of aromatic nitrogens is 2. The molecule has 7 heteroatoms. The van der Waals surface area contributed by atoms with E-state index in [0.29, 0.717) is 11.5 Å². The monoisotopic (exact) mass is 228 g/mol. The highest BCUT2D eigenvalue weighted by molar-refractivity contribution is 5.42. The van der Waals surface area contributed by atoms with Crippen LogP contribution in [0.4, 0.5) is 11.8 Å². The maximum absolute atomic E-state index is 9.12. The largest absolute Gasteiger partial charge is 0.394 e. The van der Waals surface area contributed by atoms with Crippen LogP contribution in [0.5, 0.6) is 0 Å². The summed E-state index contributed by atoms with van der Waals surface area (Å²) >= 11 is 0. The fourth-order valence-corrected chi connectivity index (χ4v) is 1.20. The summed E-state index contributed by atoms with van der Waals surface area (Å²) < 4.78 is 0. The Morgan fingerprint density at radius 3 is 2.25 bits per heavy atom. The van der Waals surface area contributed by atoms with Gasteiger partial charge in [0.25, 0.3) is 0 Å². The highest BCUT2D eigenvalue weighted by Crippen LogP contribution is 2.14. The molecule has 0 aromatic carbocycles. The van der Waals surface area contributed by atoms with E-state index >= 15 is 0 Å². The van der Waals surface area contributed by atoms with Crippen LogP contribution < -0.4 is 11.1 Å². The number of nitrogens with one attached hydrogen (secondary N) is 1. The molecule has 0 radical (unpaired) electrons. The van der Waals surface area contributed by atoms with E-state index < -0.39 is 25.4 Å². The minimum Gasteiger partial charge on any atom is -0.394 e. The molecule has 1 heterocycles. The molecule has 7 nitrogen and oxygen atoms in total. The number of nitrogens with two attached hydrogens (primary N) is 1. The van der Waals surface area contributed by atoms with Gasteiger partial charge in [-0.2, -0.15) is 4.98 Å². The fourth-order valence-electron chi connectivity index (χ4n) is 1.20. The molecule has 0 atom stereocenters. The van der Waals surface area contributed by atoms with Crippen molar-refractivity contribution in [3.05, 3.63) is 11.8 Å². The van der Waals surface area contributed by atoms with Crippen molar-refractivity contribution in [1.82, 2.24) is 9.97 Å². The lowest BCUT2D eigenvalue weighted by Crippen LogP contribution is -2.49. The predicted octanol–water partition coefficient (Wildman–Crippen LogP) is -1.51. The maximum atomic E-state index is 9.12. The quantitative estimate of drug-likeness (QED) is 0.415.